The van der Waals surface area contributed by atoms with Crippen LogP contribution in [-0.4, -0.2) is 35.2 Å². The summed E-state index contributed by atoms with van der Waals surface area (Å²) in [6, 6.07) is 8.32. The van der Waals surface area contributed by atoms with Gasteiger partial charge in [0, 0.05) is 30.2 Å². The van der Waals surface area contributed by atoms with Gasteiger partial charge < -0.3 is 9.64 Å². The fourth-order valence-corrected chi connectivity index (χ4v) is 6.18. The van der Waals surface area contributed by atoms with Crippen molar-refractivity contribution in [2.24, 2.45) is 5.92 Å². The summed E-state index contributed by atoms with van der Waals surface area (Å²) in [5, 5.41) is 3.83. The monoisotopic (exact) mass is 502 g/mol. The van der Waals surface area contributed by atoms with Gasteiger partial charge in [0.1, 0.15) is 11.6 Å². The molecular formula is C29H32FN4OP. The van der Waals surface area contributed by atoms with Crippen molar-refractivity contribution in [2.75, 3.05) is 25.1 Å². The third-order valence-corrected chi connectivity index (χ3v) is 8.27. The second-order valence-electron chi connectivity index (χ2n) is 10.3. The van der Waals surface area contributed by atoms with Crippen LogP contribution in [0.2, 0.25) is 0 Å². The summed E-state index contributed by atoms with van der Waals surface area (Å²) in [4.78, 5) is 16.8. The van der Waals surface area contributed by atoms with Crippen LogP contribution in [0, 0.1) is 11.7 Å². The van der Waals surface area contributed by atoms with E-state index in [4.69, 9.17) is 19.7 Å². The molecule has 2 unspecified atom stereocenters. The fraction of sp³-hybridized carbons (Fsp3) is 0.414. The Bertz CT molecular complexity index is 1490. The van der Waals surface area contributed by atoms with Crippen molar-refractivity contribution in [3.8, 4) is 17.3 Å². The summed E-state index contributed by atoms with van der Waals surface area (Å²) < 4.78 is 20.5. The first-order chi connectivity index (χ1) is 17.5. The van der Waals surface area contributed by atoms with E-state index in [1.54, 1.807) is 13.2 Å². The molecule has 2 fully saturated rings. The summed E-state index contributed by atoms with van der Waals surface area (Å²) in [6.45, 7) is 6.21. The van der Waals surface area contributed by atoms with E-state index >= 15 is 0 Å². The Morgan fingerprint density at radius 2 is 2.00 bits per heavy atom. The van der Waals surface area contributed by atoms with Crippen LogP contribution in [0.1, 0.15) is 56.6 Å². The van der Waals surface area contributed by atoms with Gasteiger partial charge in [-0.05, 0) is 78.0 Å². The highest BCUT2D eigenvalue weighted by Gasteiger charge is 2.27. The van der Waals surface area contributed by atoms with Gasteiger partial charge in [-0.1, -0.05) is 26.0 Å². The summed E-state index contributed by atoms with van der Waals surface area (Å²) in [7, 11) is 4.47. The maximum Gasteiger partial charge on any atom is 0.318 e. The first-order valence-corrected chi connectivity index (χ1v) is 13.6. The zero-order valence-corrected chi connectivity index (χ0v) is 22.3. The molecule has 4 aromatic rings. The molecule has 0 radical (unpaired) electrons. The van der Waals surface area contributed by atoms with E-state index in [2.05, 4.69) is 33.2 Å². The minimum atomic E-state index is -0.165. The van der Waals surface area contributed by atoms with Crippen LogP contribution in [0.3, 0.4) is 0 Å². The lowest BCUT2D eigenvalue weighted by atomic mass is 9.92. The standard InChI is InChI=1S/C29H32FN4OP/c1-4-20-23(30)10-9-18-12-19(17-7-8-17)13-21(24(18)20)25-27(36)26-22(14-31-25)28(33-29(32-26)35-3)34-11-5-6-16(2)15-34/h9-10,12-14,16-17H,4-8,11,15,36H2,1-3H3. The number of piperidine rings is 1. The number of methoxy groups -OCH3 is 1. The molecule has 1 aliphatic heterocycles. The van der Waals surface area contributed by atoms with Crippen molar-refractivity contribution in [3.05, 3.63) is 47.4 Å². The van der Waals surface area contributed by atoms with Crippen LogP contribution in [0.25, 0.3) is 32.9 Å². The first kappa shape index (κ1) is 23.5. The predicted molar refractivity (Wildman–Crippen MR) is 148 cm³/mol. The Balaban J connectivity index is 1.61. The summed E-state index contributed by atoms with van der Waals surface area (Å²) in [6.07, 6.45) is 7.29. The molecule has 2 aliphatic rings. The molecule has 0 N–H and O–H groups in total. The lowest BCUT2D eigenvalue weighted by molar-refractivity contribution is 0.380. The van der Waals surface area contributed by atoms with E-state index in [0.717, 1.165) is 69.1 Å². The van der Waals surface area contributed by atoms with E-state index in [-0.39, 0.29) is 5.82 Å². The number of ether oxygens (including phenoxy) is 1. The number of aryl methyl sites for hydroxylation is 1. The van der Waals surface area contributed by atoms with E-state index in [1.165, 1.54) is 24.8 Å². The van der Waals surface area contributed by atoms with Gasteiger partial charge >= 0.3 is 6.01 Å². The molecular weight excluding hydrogens is 470 g/mol. The zero-order valence-electron chi connectivity index (χ0n) is 21.1. The van der Waals surface area contributed by atoms with E-state index in [9.17, 15) is 4.39 Å². The minimum Gasteiger partial charge on any atom is -0.467 e. The van der Waals surface area contributed by atoms with Crippen molar-refractivity contribution < 1.29 is 9.13 Å². The van der Waals surface area contributed by atoms with Crippen LogP contribution >= 0.6 is 9.24 Å². The van der Waals surface area contributed by atoms with E-state index in [0.29, 0.717) is 24.3 Å². The highest BCUT2D eigenvalue weighted by atomic mass is 31.0. The highest BCUT2D eigenvalue weighted by molar-refractivity contribution is 7.28. The van der Waals surface area contributed by atoms with Crippen LogP contribution in [-0.2, 0) is 6.42 Å². The molecule has 2 atom stereocenters. The quantitative estimate of drug-likeness (QED) is 0.306. The number of benzene rings is 2. The Kier molecular flexibility index (Phi) is 6.03. The number of fused-ring (bicyclic) bond motifs is 2. The summed E-state index contributed by atoms with van der Waals surface area (Å²) >= 11 is 0. The molecule has 0 bridgehead atoms. The Hall–Kier alpha value is -2.85. The summed E-state index contributed by atoms with van der Waals surface area (Å²) in [5.74, 6) is 1.90. The largest absolute Gasteiger partial charge is 0.467 e. The second-order valence-corrected chi connectivity index (χ2v) is 10.9. The van der Waals surface area contributed by atoms with Crippen molar-refractivity contribution >= 4 is 42.0 Å². The van der Waals surface area contributed by atoms with Gasteiger partial charge in [0.2, 0.25) is 0 Å². The lowest BCUT2D eigenvalue weighted by Crippen LogP contribution is -2.35. The van der Waals surface area contributed by atoms with Gasteiger partial charge in [-0.2, -0.15) is 9.97 Å². The van der Waals surface area contributed by atoms with Gasteiger partial charge in [-0.15, -0.1) is 9.24 Å². The molecule has 1 aliphatic carbocycles. The first-order valence-electron chi connectivity index (χ1n) is 13.0. The average molecular weight is 503 g/mol. The SMILES string of the molecule is CCc1c(F)ccc2cc(C3CC3)cc(-c3ncc4c(N5CCCC(C)C5)nc(OC)nc4c3P)c12. The Morgan fingerprint density at radius 1 is 1.17 bits per heavy atom. The van der Waals surface area contributed by atoms with Gasteiger partial charge in [0.05, 0.1) is 23.7 Å². The maximum atomic E-state index is 15.0. The minimum absolute atomic E-state index is 0.165. The molecule has 36 heavy (non-hydrogen) atoms. The number of aromatic nitrogens is 3. The number of hydrogen-bond acceptors (Lipinski definition) is 5. The third-order valence-electron chi connectivity index (χ3n) is 7.73. The second kappa shape index (κ2) is 9.23. The topological polar surface area (TPSA) is 51.1 Å². The molecule has 1 saturated heterocycles. The number of nitrogens with zero attached hydrogens (tertiary/aromatic N) is 4. The van der Waals surface area contributed by atoms with E-state index in [1.807, 2.05) is 19.2 Å². The number of anilines is 1. The van der Waals surface area contributed by atoms with Gasteiger partial charge in [0.25, 0.3) is 0 Å². The van der Waals surface area contributed by atoms with E-state index < -0.39 is 0 Å². The molecule has 186 valence electrons. The number of rotatable bonds is 5. The van der Waals surface area contributed by atoms with Gasteiger partial charge in [-0.3, -0.25) is 4.98 Å². The van der Waals surface area contributed by atoms with Crippen molar-refractivity contribution in [3.63, 3.8) is 0 Å². The molecule has 3 heterocycles. The number of hydrogen-bond donors (Lipinski definition) is 0. The molecule has 0 amide bonds. The maximum absolute atomic E-state index is 15.0. The fourth-order valence-electron chi connectivity index (χ4n) is 5.73. The molecule has 2 aromatic heterocycles. The van der Waals surface area contributed by atoms with Crippen LogP contribution in [0.4, 0.5) is 10.2 Å². The molecule has 7 heteroatoms. The molecule has 0 spiro atoms. The smallest absolute Gasteiger partial charge is 0.318 e. The van der Waals surface area contributed by atoms with Gasteiger partial charge in [-0.25, -0.2) is 4.39 Å². The van der Waals surface area contributed by atoms with Crippen molar-refractivity contribution in [1.29, 1.82) is 0 Å². The van der Waals surface area contributed by atoms with Crippen LogP contribution in [0.5, 0.6) is 6.01 Å². The molecule has 5 nitrogen and oxygen atoms in total. The van der Waals surface area contributed by atoms with Crippen molar-refractivity contribution in [1.82, 2.24) is 15.0 Å². The molecule has 2 aromatic carbocycles. The predicted octanol–water partition coefficient (Wildman–Crippen LogP) is 6.17. The van der Waals surface area contributed by atoms with Crippen LogP contribution in [0.15, 0.2) is 30.5 Å². The Labute approximate surface area is 213 Å². The van der Waals surface area contributed by atoms with Crippen LogP contribution < -0.4 is 14.9 Å². The van der Waals surface area contributed by atoms with Gasteiger partial charge in [0.15, 0.2) is 0 Å². The van der Waals surface area contributed by atoms with Crippen molar-refractivity contribution in [2.45, 2.75) is 51.9 Å². The summed E-state index contributed by atoms with van der Waals surface area (Å²) in [5.41, 5.74) is 4.65. The number of halogens is 1. The highest BCUT2D eigenvalue weighted by Crippen LogP contribution is 2.44. The normalized spacial score (nSPS) is 18.2. The number of pyridine rings is 1. The third kappa shape index (κ3) is 4.00. The zero-order chi connectivity index (χ0) is 25.0. The molecule has 6 rings (SSSR count). The Morgan fingerprint density at radius 3 is 2.72 bits per heavy atom. The molecule has 1 saturated carbocycles. The lowest BCUT2D eigenvalue weighted by Gasteiger charge is -2.32. The average Bonchev–Trinajstić information content (AvgIpc) is 3.74.